The van der Waals surface area contributed by atoms with Crippen LogP contribution in [0.5, 0.6) is 5.75 Å². The van der Waals surface area contributed by atoms with Crippen molar-refractivity contribution in [3.05, 3.63) is 30.0 Å². The van der Waals surface area contributed by atoms with Crippen LogP contribution in [-0.2, 0) is 13.5 Å². The van der Waals surface area contributed by atoms with E-state index < -0.39 is 12.7 Å². The average Bonchev–Trinajstić information content (AvgIpc) is 2.63. The molecule has 2 rings (SSSR count). The molecule has 110 valence electrons. The summed E-state index contributed by atoms with van der Waals surface area (Å²) in [6.45, 7) is -0.642. The first kappa shape index (κ1) is 14.7. The molecule has 0 radical (unpaired) electrons. The molecule has 0 aliphatic heterocycles. The number of nitrogens with zero attached hydrogens (tertiary/aromatic N) is 2. The number of aromatic hydroxyl groups is 1. The smallest absolute Gasteiger partial charge is 0.401 e. The molecule has 1 aromatic carbocycles. The van der Waals surface area contributed by atoms with Gasteiger partial charge in [-0.2, -0.15) is 13.2 Å². The van der Waals surface area contributed by atoms with Crippen LogP contribution in [0.1, 0.15) is 5.56 Å². The van der Waals surface area contributed by atoms with E-state index in [1.165, 1.54) is 11.9 Å². The fourth-order valence-electron chi connectivity index (χ4n) is 2.41. The maximum atomic E-state index is 12.3. The predicted octanol–water partition coefficient (Wildman–Crippen LogP) is 2.92. The number of rotatable bonds is 4. The van der Waals surface area contributed by atoms with Crippen molar-refractivity contribution >= 4 is 10.9 Å². The van der Waals surface area contributed by atoms with Crippen molar-refractivity contribution in [3.63, 3.8) is 0 Å². The van der Waals surface area contributed by atoms with Crippen LogP contribution < -0.4 is 0 Å². The molecule has 2 aromatic rings. The summed E-state index contributed by atoms with van der Waals surface area (Å²) in [6, 6.07) is 5.21. The number of hydrogen-bond acceptors (Lipinski definition) is 2. The number of aryl methyl sites for hydroxylation is 1. The van der Waals surface area contributed by atoms with E-state index >= 15 is 0 Å². The van der Waals surface area contributed by atoms with Crippen LogP contribution in [0.3, 0.4) is 0 Å². The average molecular weight is 286 g/mol. The molecule has 1 heterocycles. The minimum Gasteiger partial charge on any atom is -0.507 e. The summed E-state index contributed by atoms with van der Waals surface area (Å²) in [6.07, 6.45) is -1.87. The molecule has 0 aliphatic rings. The van der Waals surface area contributed by atoms with Gasteiger partial charge in [0.05, 0.1) is 12.1 Å². The lowest BCUT2D eigenvalue weighted by Gasteiger charge is -2.18. The summed E-state index contributed by atoms with van der Waals surface area (Å²) < 4.78 is 38.7. The van der Waals surface area contributed by atoms with Gasteiger partial charge in [0.1, 0.15) is 5.75 Å². The Morgan fingerprint density at radius 1 is 1.30 bits per heavy atom. The Balaban J connectivity index is 2.15. The van der Waals surface area contributed by atoms with Gasteiger partial charge in [-0.25, -0.2) is 0 Å². The zero-order valence-corrected chi connectivity index (χ0v) is 11.4. The zero-order valence-electron chi connectivity index (χ0n) is 11.4. The number of alkyl halides is 3. The van der Waals surface area contributed by atoms with Crippen LogP contribution in [0.2, 0.25) is 0 Å². The minimum absolute atomic E-state index is 0.163. The molecule has 3 nitrogen and oxygen atoms in total. The Labute approximate surface area is 115 Å². The second kappa shape index (κ2) is 5.36. The Hall–Kier alpha value is -1.69. The second-order valence-electron chi connectivity index (χ2n) is 5.04. The second-order valence-corrected chi connectivity index (χ2v) is 5.04. The number of phenols is 1. The molecule has 0 bridgehead atoms. The van der Waals surface area contributed by atoms with E-state index in [-0.39, 0.29) is 12.3 Å². The monoisotopic (exact) mass is 286 g/mol. The third-order valence-electron chi connectivity index (χ3n) is 3.28. The highest BCUT2D eigenvalue weighted by Crippen LogP contribution is 2.29. The van der Waals surface area contributed by atoms with Crippen LogP contribution in [0.4, 0.5) is 13.2 Å². The number of aromatic nitrogens is 1. The molecule has 0 saturated carbocycles. The van der Waals surface area contributed by atoms with Gasteiger partial charge < -0.3 is 9.67 Å². The lowest BCUT2D eigenvalue weighted by atomic mass is 10.1. The van der Waals surface area contributed by atoms with E-state index in [9.17, 15) is 18.3 Å². The molecule has 0 unspecified atom stereocenters. The van der Waals surface area contributed by atoms with Crippen molar-refractivity contribution in [3.8, 4) is 5.75 Å². The minimum atomic E-state index is -4.18. The topological polar surface area (TPSA) is 28.4 Å². The molecule has 20 heavy (non-hydrogen) atoms. The lowest BCUT2D eigenvalue weighted by molar-refractivity contribution is -0.142. The van der Waals surface area contributed by atoms with Gasteiger partial charge >= 0.3 is 6.18 Å². The molecule has 1 aromatic heterocycles. The van der Waals surface area contributed by atoms with Gasteiger partial charge in [-0.1, -0.05) is 6.07 Å². The van der Waals surface area contributed by atoms with E-state index in [4.69, 9.17) is 0 Å². The fourth-order valence-corrected chi connectivity index (χ4v) is 2.41. The first-order chi connectivity index (χ1) is 9.28. The summed E-state index contributed by atoms with van der Waals surface area (Å²) in [4.78, 5) is 1.23. The number of benzene rings is 1. The molecule has 6 heteroatoms. The third-order valence-corrected chi connectivity index (χ3v) is 3.28. The standard InChI is InChI=1S/C14H17F3N2O/c1-18(9-14(15,16)17)7-6-10-8-19(2)11-4-3-5-12(20)13(10)11/h3-5,8,20H,6-7,9H2,1-2H3. The van der Waals surface area contributed by atoms with Gasteiger partial charge in [0, 0.05) is 25.2 Å². The third kappa shape index (κ3) is 3.25. The Morgan fingerprint density at radius 2 is 2.00 bits per heavy atom. The SMILES string of the molecule is CN(CCc1cn(C)c2cccc(O)c12)CC(F)(F)F. The highest BCUT2D eigenvalue weighted by atomic mass is 19.4. The van der Waals surface area contributed by atoms with Crippen LogP contribution in [-0.4, -0.2) is 40.9 Å². The summed E-state index contributed by atoms with van der Waals surface area (Å²) in [5.41, 5.74) is 1.73. The molecule has 0 saturated heterocycles. The van der Waals surface area contributed by atoms with Crippen molar-refractivity contribution in [2.24, 2.45) is 7.05 Å². The highest BCUT2D eigenvalue weighted by Gasteiger charge is 2.29. The number of likely N-dealkylation sites (N-methyl/N-ethyl adjacent to an activating group) is 1. The van der Waals surface area contributed by atoms with Crippen LogP contribution in [0.15, 0.2) is 24.4 Å². The Morgan fingerprint density at radius 3 is 2.65 bits per heavy atom. The van der Waals surface area contributed by atoms with E-state index in [2.05, 4.69) is 0 Å². The summed E-state index contributed by atoms with van der Waals surface area (Å²) in [5.74, 6) is 0.163. The molecule has 0 atom stereocenters. The molecular weight excluding hydrogens is 269 g/mol. The Kier molecular flexibility index (Phi) is 3.94. The van der Waals surface area contributed by atoms with E-state index in [1.807, 2.05) is 23.9 Å². The van der Waals surface area contributed by atoms with E-state index in [0.29, 0.717) is 6.42 Å². The fraction of sp³-hybridized carbons (Fsp3) is 0.429. The normalized spacial score (nSPS) is 12.5. The van der Waals surface area contributed by atoms with E-state index in [0.717, 1.165) is 16.5 Å². The van der Waals surface area contributed by atoms with Crippen molar-refractivity contribution in [1.82, 2.24) is 9.47 Å². The van der Waals surface area contributed by atoms with Gasteiger partial charge in [0.15, 0.2) is 0 Å². The van der Waals surface area contributed by atoms with Crippen LogP contribution in [0.25, 0.3) is 10.9 Å². The maximum Gasteiger partial charge on any atom is 0.401 e. The highest BCUT2D eigenvalue weighted by molar-refractivity contribution is 5.89. The zero-order chi connectivity index (χ0) is 14.9. The lowest BCUT2D eigenvalue weighted by Crippen LogP contribution is -2.32. The molecule has 1 N–H and O–H groups in total. The molecule has 0 aliphatic carbocycles. The van der Waals surface area contributed by atoms with Gasteiger partial charge in [0.2, 0.25) is 0 Å². The van der Waals surface area contributed by atoms with Gasteiger partial charge in [-0.15, -0.1) is 0 Å². The molecule has 0 fully saturated rings. The van der Waals surface area contributed by atoms with Crippen LogP contribution in [0, 0.1) is 0 Å². The van der Waals surface area contributed by atoms with Gasteiger partial charge in [0.25, 0.3) is 0 Å². The Bertz CT molecular complexity index is 604. The van der Waals surface area contributed by atoms with Gasteiger partial charge in [-0.3, -0.25) is 4.90 Å². The van der Waals surface area contributed by atoms with E-state index in [1.54, 1.807) is 12.1 Å². The number of hydrogen-bond donors (Lipinski definition) is 1. The summed E-state index contributed by atoms with van der Waals surface area (Å²) in [5, 5.41) is 10.6. The molecular formula is C14H17F3N2O. The van der Waals surface area contributed by atoms with Crippen molar-refractivity contribution < 1.29 is 18.3 Å². The first-order valence-electron chi connectivity index (χ1n) is 6.29. The quantitative estimate of drug-likeness (QED) is 0.936. The molecule has 0 spiro atoms. The van der Waals surface area contributed by atoms with Crippen molar-refractivity contribution in [2.75, 3.05) is 20.1 Å². The largest absolute Gasteiger partial charge is 0.507 e. The number of phenolic OH excluding ortho intramolecular Hbond substituents is 1. The predicted molar refractivity (Wildman–Crippen MR) is 71.8 cm³/mol. The molecule has 0 amide bonds. The first-order valence-corrected chi connectivity index (χ1v) is 6.29. The maximum absolute atomic E-state index is 12.3. The van der Waals surface area contributed by atoms with Crippen LogP contribution >= 0.6 is 0 Å². The van der Waals surface area contributed by atoms with Crippen molar-refractivity contribution in [1.29, 1.82) is 0 Å². The number of halogens is 3. The summed E-state index contributed by atoms with van der Waals surface area (Å²) in [7, 11) is 3.29. The van der Waals surface area contributed by atoms with Gasteiger partial charge in [-0.05, 0) is 31.2 Å². The van der Waals surface area contributed by atoms with Crippen molar-refractivity contribution in [2.45, 2.75) is 12.6 Å². The summed E-state index contributed by atoms with van der Waals surface area (Å²) >= 11 is 0. The number of fused-ring (bicyclic) bond motifs is 1.